The summed E-state index contributed by atoms with van der Waals surface area (Å²) >= 11 is 0. The van der Waals surface area contributed by atoms with Gasteiger partial charge in [-0.3, -0.25) is 0 Å². The number of aromatic nitrogens is 2. The Morgan fingerprint density at radius 1 is 1.13 bits per heavy atom. The van der Waals surface area contributed by atoms with Crippen LogP contribution in [-0.2, 0) is 0 Å². The van der Waals surface area contributed by atoms with Gasteiger partial charge in [-0.2, -0.15) is 5.26 Å². The Hall–Kier alpha value is -2.34. The second-order valence-corrected chi connectivity index (χ2v) is 3.36. The molecule has 3 heteroatoms. The van der Waals surface area contributed by atoms with Crippen molar-refractivity contribution < 1.29 is 0 Å². The van der Waals surface area contributed by atoms with Gasteiger partial charge in [0.25, 0.3) is 0 Å². The first-order valence-electron chi connectivity index (χ1n) is 4.65. The van der Waals surface area contributed by atoms with Crippen molar-refractivity contribution in [3.8, 4) is 6.07 Å². The number of nitrogens with one attached hydrogen (secondary N) is 1. The van der Waals surface area contributed by atoms with Crippen molar-refractivity contribution in [2.24, 2.45) is 0 Å². The van der Waals surface area contributed by atoms with Crippen LogP contribution in [0.3, 0.4) is 0 Å². The number of rotatable bonds is 0. The Balaban J connectivity index is 2.61. The number of hydrogen-bond acceptors (Lipinski definition) is 2. The Bertz CT molecular complexity index is 689. The van der Waals surface area contributed by atoms with Crippen molar-refractivity contribution in [2.75, 3.05) is 0 Å². The van der Waals surface area contributed by atoms with Crippen LogP contribution in [0.4, 0.5) is 0 Å². The van der Waals surface area contributed by atoms with Crippen LogP contribution in [0.1, 0.15) is 5.56 Å². The second-order valence-electron chi connectivity index (χ2n) is 3.36. The van der Waals surface area contributed by atoms with E-state index < -0.39 is 0 Å². The molecular formula is C12H7N3. The Labute approximate surface area is 86.0 Å². The molecule has 70 valence electrons. The topological polar surface area (TPSA) is 52.5 Å². The number of benzene rings is 1. The standard InChI is InChI=1S/C12H7N3/c13-7-8-3-1-4-9-10-5-2-6-14-12(10)15-11(8)9/h1-6H,(H,14,15). The van der Waals surface area contributed by atoms with Gasteiger partial charge < -0.3 is 4.98 Å². The summed E-state index contributed by atoms with van der Waals surface area (Å²) in [7, 11) is 0. The van der Waals surface area contributed by atoms with E-state index in [4.69, 9.17) is 5.26 Å². The minimum atomic E-state index is 0.658. The van der Waals surface area contributed by atoms with Crippen LogP contribution in [0.25, 0.3) is 21.9 Å². The first-order valence-corrected chi connectivity index (χ1v) is 4.65. The third kappa shape index (κ3) is 1.02. The molecule has 0 aliphatic rings. The quantitative estimate of drug-likeness (QED) is 0.596. The summed E-state index contributed by atoms with van der Waals surface area (Å²) in [6.07, 6.45) is 1.74. The lowest BCUT2D eigenvalue weighted by atomic mass is 10.1. The van der Waals surface area contributed by atoms with E-state index in [2.05, 4.69) is 16.0 Å². The molecule has 2 aromatic heterocycles. The average molecular weight is 193 g/mol. The highest BCUT2D eigenvalue weighted by Crippen LogP contribution is 2.25. The SMILES string of the molecule is N#Cc1cccc2c1[nH]c1ncccc12. The van der Waals surface area contributed by atoms with Gasteiger partial charge in [-0.1, -0.05) is 12.1 Å². The summed E-state index contributed by atoms with van der Waals surface area (Å²) in [4.78, 5) is 7.39. The van der Waals surface area contributed by atoms with Crippen LogP contribution in [-0.4, -0.2) is 9.97 Å². The first-order chi connectivity index (χ1) is 7.40. The third-order valence-electron chi connectivity index (χ3n) is 2.53. The van der Waals surface area contributed by atoms with Gasteiger partial charge in [0, 0.05) is 17.0 Å². The van der Waals surface area contributed by atoms with Gasteiger partial charge in [-0.25, -0.2) is 4.98 Å². The Kier molecular flexibility index (Phi) is 1.51. The Morgan fingerprint density at radius 2 is 2.00 bits per heavy atom. The van der Waals surface area contributed by atoms with Gasteiger partial charge in [0.2, 0.25) is 0 Å². The molecule has 0 unspecified atom stereocenters. The molecule has 0 saturated carbocycles. The fourth-order valence-electron chi connectivity index (χ4n) is 1.85. The lowest BCUT2D eigenvalue weighted by Gasteiger charge is -1.91. The van der Waals surface area contributed by atoms with E-state index in [1.165, 1.54) is 0 Å². The lowest BCUT2D eigenvalue weighted by Crippen LogP contribution is -1.76. The van der Waals surface area contributed by atoms with Gasteiger partial charge >= 0.3 is 0 Å². The van der Waals surface area contributed by atoms with Crippen molar-refractivity contribution in [1.82, 2.24) is 9.97 Å². The molecule has 0 saturated heterocycles. The zero-order valence-electron chi connectivity index (χ0n) is 7.86. The number of nitriles is 1. The van der Waals surface area contributed by atoms with Crippen LogP contribution in [0.5, 0.6) is 0 Å². The van der Waals surface area contributed by atoms with Crippen molar-refractivity contribution in [1.29, 1.82) is 5.26 Å². The van der Waals surface area contributed by atoms with Gasteiger partial charge in [0.1, 0.15) is 11.7 Å². The zero-order chi connectivity index (χ0) is 10.3. The number of pyridine rings is 1. The van der Waals surface area contributed by atoms with Crippen LogP contribution in [0, 0.1) is 11.3 Å². The van der Waals surface area contributed by atoms with Gasteiger partial charge in [-0.15, -0.1) is 0 Å². The van der Waals surface area contributed by atoms with Crippen LogP contribution in [0.15, 0.2) is 36.5 Å². The van der Waals surface area contributed by atoms with Crippen LogP contribution in [0.2, 0.25) is 0 Å². The fourth-order valence-corrected chi connectivity index (χ4v) is 1.85. The normalized spacial score (nSPS) is 10.6. The summed E-state index contributed by atoms with van der Waals surface area (Å²) in [5.41, 5.74) is 2.36. The molecule has 3 rings (SSSR count). The third-order valence-corrected chi connectivity index (χ3v) is 2.53. The molecule has 0 bridgehead atoms. The molecule has 0 spiro atoms. The van der Waals surface area contributed by atoms with Crippen LogP contribution < -0.4 is 0 Å². The number of nitrogens with zero attached hydrogens (tertiary/aromatic N) is 2. The van der Waals surface area contributed by atoms with E-state index >= 15 is 0 Å². The molecule has 2 heterocycles. The molecule has 1 N–H and O–H groups in total. The predicted octanol–water partition coefficient (Wildman–Crippen LogP) is 2.59. The molecule has 0 aliphatic heterocycles. The van der Waals surface area contributed by atoms with E-state index in [0.29, 0.717) is 5.56 Å². The number of para-hydroxylation sites is 1. The smallest absolute Gasteiger partial charge is 0.138 e. The highest BCUT2D eigenvalue weighted by atomic mass is 14.8. The minimum Gasteiger partial charge on any atom is -0.338 e. The molecule has 0 radical (unpaired) electrons. The summed E-state index contributed by atoms with van der Waals surface area (Å²) in [5.74, 6) is 0. The van der Waals surface area contributed by atoms with Crippen molar-refractivity contribution in [3.05, 3.63) is 42.1 Å². The maximum absolute atomic E-state index is 8.97. The molecule has 1 aromatic carbocycles. The van der Waals surface area contributed by atoms with Crippen molar-refractivity contribution in [2.45, 2.75) is 0 Å². The number of hydrogen-bond donors (Lipinski definition) is 1. The summed E-state index contributed by atoms with van der Waals surface area (Å²) in [6, 6.07) is 11.8. The zero-order valence-corrected chi connectivity index (χ0v) is 7.86. The molecule has 0 atom stereocenters. The molecule has 0 aliphatic carbocycles. The molecular weight excluding hydrogens is 186 g/mol. The highest BCUT2D eigenvalue weighted by molar-refractivity contribution is 6.07. The van der Waals surface area contributed by atoms with Crippen LogP contribution >= 0.6 is 0 Å². The fraction of sp³-hybridized carbons (Fsp3) is 0. The van der Waals surface area contributed by atoms with Crippen molar-refractivity contribution in [3.63, 3.8) is 0 Å². The second kappa shape index (κ2) is 2.82. The summed E-state index contributed by atoms with van der Waals surface area (Å²) in [6.45, 7) is 0. The monoisotopic (exact) mass is 193 g/mol. The molecule has 3 nitrogen and oxygen atoms in total. The van der Waals surface area contributed by atoms with Gasteiger partial charge in [0.05, 0.1) is 11.1 Å². The first kappa shape index (κ1) is 8.01. The Morgan fingerprint density at radius 3 is 2.87 bits per heavy atom. The number of H-pyrrole nitrogens is 1. The maximum atomic E-state index is 8.97. The molecule has 3 aromatic rings. The summed E-state index contributed by atoms with van der Waals surface area (Å²) in [5, 5.41) is 11.1. The molecule has 15 heavy (non-hydrogen) atoms. The molecule has 0 fully saturated rings. The largest absolute Gasteiger partial charge is 0.338 e. The van der Waals surface area contributed by atoms with Gasteiger partial charge in [-0.05, 0) is 18.2 Å². The molecule has 0 amide bonds. The highest BCUT2D eigenvalue weighted by Gasteiger charge is 2.06. The average Bonchev–Trinajstić information content (AvgIpc) is 2.67. The summed E-state index contributed by atoms with van der Waals surface area (Å²) < 4.78 is 0. The van der Waals surface area contributed by atoms with E-state index in [9.17, 15) is 0 Å². The van der Waals surface area contributed by atoms with E-state index in [0.717, 1.165) is 21.9 Å². The number of aromatic amines is 1. The minimum absolute atomic E-state index is 0.658. The van der Waals surface area contributed by atoms with Gasteiger partial charge in [0.15, 0.2) is 0 Å². The maximum Gasteiger partial charge on any atom is 0.138 e. The predicted molar refractivity (Wildman–Crippen MR) is 58.3 cm³/mol. The number of fused-ring (bicyclic) bond motifs is 3. The van der Waals surface area contributed by atoms with E-state index in [1.807, 2.05) is 24.3 Å². The van der Waals surface area contributed by atoms with E-state index in [1.54, 1.807) is 12.3 Å². The van der Waals surface area contributed by atoms with E-state index in [-0.39, 0.29) is 0 Å². The van der Waals surface area contributed by atoms with Crippen molar-refractivity contribution >= 4 is 21.9 Å². The lowest BCUT2D eigenvalue weighted by molar-refractivity contribution is 1.34.